The Labute approximate surface area is 165 Å². The van der Waals surface area contributed by atoms with Crippen LogP contribution < -0.4 is 20.2 Å². The van der Waals surface area contributed by atoms with E-state index in [-0.39, 0.29) is 24.6 Å². The maximum atomic E-state index is 12.0. The van der Waals surface area contributed by atoms with Crippen molar-refractivity contribution in [1.29, 1.82) is 0 Å². The first kappa shape index (κ1) is 18.2. The van der Waals surface area contributed by atoms with E-state index in [1.165, 1.54) is 18.3 Å². The summed E-state index contributed by atoms with van der Waals surface area (Å²) in [7, 11) is 0. The highest BCUT2D eigenvalue weighted by atomic mass is 16.7. The van der Waals surface area contributed by atoms with Crippen molar-refractivity contribution in [1.82, 2.24) is 5.43 Å². The summed E-state index contributed by atoms with van der Waals surface area (Å²) in [4.78, 5) is 22.7. The van der Waals surface area contributed by atoms with Crippen LogP contribution >= 0.6 is 0 Å². The number of benzene rings is 3. The lowest BCUT2D eigenvalue weighted by Gasteiger charge is -2.06. The zero-order valence-corrected chi connectivity index (χ0v) is 15.1. The number of anilines is 1. The number of hydrazone groups is 1. The van der Waals surface area contributed by atoms with Crippen LogP contribution in [0.2, 0.25) is 0 Å². The number of nitro benzene ring substituents is 1. The average Bonchev–Trinajstić information content (AvgIpc) is 3.19. The van der Waals surface area contributed by atoms with Gasteiger partial charge in [-0.05, 0) is 29.0 Å². The van der Waals surface area contributed by atoms with E-state index in [4.69, 9.17) is 9.47 Å². The Morgan fingerprint density at radius 2 is 1.86 bits per heavy atom. The summed E-state index contributed by atoms with van der Waals surface area (Å²) in [6.45, 7) is 0.00315. The summed E-state index contributed by atoms with van der Waals surface area (Å²) in [6.07, 6.45) is 1.20. The topological polar surface area (TPSA) is 115 Å². The van der Waals surface area contributed by atoms with E-state index < -0.39 is 10.8 Å². The Bertz CT molecular complexity index is 1130. The van der Waals surface area contributed by atoms with Crippen LogP contribution in [0, 0.1) is 10.1 Å². The Kier molecular flexibility index (Phi) is 4.93. The SMILES string of the molecule is O=C(CNc1ccc2ccccc2c1)N/N=C\c1cc2c(cc1[N+](=O)[O-])OCO2. The largest absolute Gasteiger partial charge is 0.454 e. The van der Waals surface area contributed by atoms with Crippen LogP contribution in [0.1, 0.15) is 5.56 Å². The lowest BCUT2D eigenvalue weighted by atomic mass is 10.1. The molecule has 0 saturated carbocycles. The summed E-state index contributed by atoms with van der Waals surface area (Å²) < 4.78 is 10.4. The fourth-order valence-corrected chi connectivity index (χ4v) is 2.90. The molecule has 3 aromatic carbocycles. The fourth-order valence-electron chi connectivity index (χ4n) is 2.90. The molecule has 0 atom stereocenters. The standard InChI is InChI=1S/C20H16N4O5/c25-20(11-21-16-6-5-13-3-1-2-4-14(13)7-16)23-22-10-15-8-18-19(29-12-28-18)9-17(15)24(26)27/h1-10,21H,11-12H2,(H,23,25)/b22-10-. The summed E-state index contributed by atoms with van der Waals surface area (Å²) in [5, 5.41) is 20.2. The van der Waals surface area contributed by atoms with Gasteiger partial charge in [0.15, 0.2) is 11.5 Å². The van der Waals surface area contributed by atoms with E-state index in [0.717, 1.165) is 16.5 Å². The molecule has 146 valence electrons. The number of fused-ring (bicyclic) bond motifs is 2. The van der Waals surface area contributed by atoms with Crippen LogP contribution in [0.5, 0.6) is 11.5 Å². The molecule has 0 aromatic heterocycles. The van der Waals surface area contributed by atoms with Crippen molar-refractivity contribution >= 4 is 34.3 Å². The molecule has 29 heavy (non-hydrogen) atoms. The summed E-state index contributed by atoms with van der Waals surface area (Å²) in [5.41, 5.74) is 3.15. The Balaban J connectivity index is 1.38. The molecule has 1 heterocycles. The minimum atomic E-state index is -0.549. The molecule has 9 nitrogen and oxygen atoms in total. The molecule has 2 N–H and O–H groups in total. The Morgan fingerprint density at radius 1 is 1.10 bits per heavy atom. The number of carbonyl (C=O) groups is 1. The van der Waals surface area contributed by atoms with Gasteiger partial charge in [0.2, 0.25) is 6.79 Å². The number of hydrogen-bond donors (Lipinski definition) is 2. The number of rotatable bonds is 6. The van der Waals surface area contributed by atoms with Gasteiger partial charge < -0.3 is 14.8 Å². The van der Waals surface area contributed by atoms with Crippen LogP contribution in [0.25, 0.3) is 10.8 Å². The molecule has 4 rings (SSSR count). The van der Waals surface area contributed by atoms with Crippen LogP contribution in [-0.2, 0) is 4.79 Å². The lowest BCUT2D eigenvalue weighted by Crippen LogP contribution is -2.25. The maximum absolute atomic E-state index is 12.0. The van der Waals surface area contributed by atoms with Gasteiger partial charge in [0.25, 0.3) is 11.6 Å². The first-order valence-electron chi connectivity index (χ1n) is 8.73. The first-order chi connectivity index (χ1) is 14.1. The van der Waals surface area contributed by atoms with Gasteiger partial charge in [0.05, 0.1) is 29.3 Å². The highest BCUT2D eigenvalue weighted by Gasteiger charge is 2.22. The first-order valence-corrected chi connectivity index (χ1v) is 8.73. The van der Waals surface area contributed by atoms with Crippen molar-refractivity contribution in [2.75, 3.05) is 18.7 Å². The minimum absolute atomic E-state index is 0.00108. The third-order valence-electron chi connectivity index (χ3n) is 4.31. The van der Waals surface area contributed by atoms with Crippen molar-refractivity contribution in [3.05, 3.63) is 70.3 Å². The summed E-state index contributed by atoms with van der Waals surface area (Å²) in [6, 6.07) is 16.4. The average molecular weight is 392 g/mol. The normalized spacial score (nSPS) is 12.3. The summed E-state index contributed by atoms with van der Waals surface area (Å²) >= 11 is 0. The highest BCUT2D eigenvalue weighted by molar-refractivity contribution is 5.89. The molecule has 3 aromatic rings. The zero-order chi connectivity index (χ0) is 20.2. The van der Waals surface area contributed by atoms with Gasteiger partial charge in [-0.1, -0.05) is 30.3 Å². The van der Waals surface area contributed by atoms with Crippen molar-refractivity contribution in [2.45, 2.75) is 0 Å². The van der Waals surface area contributed by atoms with E-state index in [9.17, 15) is 14.9 Å². The monoisotopic (exact) mass is 392 g/mol. The molecule has 0 saturated heterocycles. The Hall–Kier alpha value is -4.14. The minimum Gasteiger partial charge on any atom is -0.454 e. The number of nitrogens with zero attached hydrogens (tertiary/aromatic N) is 2. The second kappa shape index (κ2) is 7.85. The van der Waals surface area contributed by atoms with E-state index in [0.29, 0.717) is 11.5 Å². The molecule has 1 aliphatic rings. The molecule has 0 radical (unpaired) electrons. The molecule has 0 spiro atoms. The molecule has 9 heteroatoms. The van der Waals surface area contributed by atoms with Crippen molar-refractivity contribution in [3.63, 3.8) is 0 Å². The van der Waals surface area contributed by atoms with Crippen LogP contribution in [0.4, 0.5) is 11.4 Å². The van der Waals surface area contributed by atoms with Gasteiger partial charge >= 0.3 is 0 Å². The highest BCUT2D eigenvalue weighted by Crippen LogP contribution is 2.37. The van der Waals surface area contributed by atoms with E-state index >= 15 is 0 Å². The lowest BCUT2D eigenvalue weighted by molar-refractivity contribution is -0.385. The molecule has 0 fully saturated rings. The summed E-state index contributed by atoms with van der Waals surface area (Å²) in [5.74, 6) is 0.302. The second-order valence-electron chi connectivity index (χ2n) is 6.23. The van der Waals surface area contributed by atoms with Gasteiger partial charge in [-0.3, -0.25) is 14.9 Å². The number of nitrogens with one attached hydrogen (secondary N) is 2. The molecular formula is C20H16N4O5. The van der Waals surface area contributed by atoms with Crippen LogP contribution in [0.3, 0.4) is 0 Å². The molecule has 0 unspecified atom stereocenters. The third kappa shape index (κ3) is 4.08. The van der Waals surface area contributed by atoms with Crippen molar-refractivity contribution < 1.29 is 19.2 Å². The third-order valence-corrected chi connectivity index (χ3v) is 4.31. The van der Waals surface area contributed by atoms with Crippen molar-refractivity contribution in [2.24, 2.45) is 5.10 Å². The van der Waals surface area contributed by atoms with Gasteiger partial charge in [0, 0.05) is 5.69 Å². The fraction of sp³-hybridized carbons (Fsp3) is 0.100. The molecule has 0 bridgehead atoms. The quantitative estimate of drug-likeness (QED) is 0.378. The van der Waals surface area contributed by atoms with Gasteiger partial charge in [-0.15, -0.1) is 0 Å². The van der Waals surface area contributed by atoms with Gasteiger partial charge in [-0.25, -0.2) is 5.43 Å². The predicted octanol–water partition coefficient (Wildman–Crippen LogP) is 3.04. The van der Waals surface area contributed by atoms with E-state index in [1.807, 2.05) is 42.5 Å². The number of hydrogen-bond acceptors (Lipinski definition) is 7. The molecular weight excluding hydrogens is 376 g/mol. The van der Waals surface area contributed by atoms with Crippen LogP contribution in [-0.4, -0.2) is 30.4 Å². The molecule has 1 amide bonds. The number of carbonyl (C=O) groups excluding carboxylic acids is 1. The predicted molar refractivity (Wildman–Crippen MR) is 107 cm³/mol. The number of nitro groups is 1. The van der Waals surface area contributed by atoms with E-state index in [2.05, 4.69) is 15.8 Å². The molecule has 0 aliphatic carbocycles. The smallest absolute Gasteiger partial charge is 0.282 e. The number of amides is 1. The number of ether oxygens (including phenoxy) is 2. The van der Waals surface area contributed by atoms with Crippen LogP contribution in [0.15, 0.2) is 59.7 Å². The van der Waals surface area contributed by atoms with Gasteiger partial charge in [-0.2, -0.15) is 5.10 Å². The zero-order valence-electron chi connectivity index (χ0n) is 15.1. The van der Waals surface area contributed by atoms with E-state index in [1.54, 1.807) is 0 Å². The van der Waals surface area contributed by atoms with Gasteiger partial charge in [0.1, 0.15) is 0 Å². The second-order valence-corrected chi connectivity index (χ2v) is 6.23. The Morgan fingerprint density at radius 3 is 2.66 bits per heavy atom. The van der Waals surface area contributed by atoms with Crippen molar-refractivity contribution in [3.8, 4) is 11.5 Å². The molecule has 1 aliphatic heterocycles. The maximum Gasteiger partial charge on any atom is 0.282 e.